The van der Waals surface area contributed by atoms with Gasteiger partial charge in [-0.1, -0.05) is 43.7 Å². The van der Waals surface area contributed by atoms with Crippen molar-refractivity contribution in [1.82, 2.24) is 0 Å². The fourth-order valence-corrected chi connectivity index (χ4v) is 2.16. The molecule has 2 nitrogen and oxygen atoms in total. The largest absolute Gasteiger partial charge is 0.388 e. The van der Waals surface area contributed by atoms with Crippen molar-refractivity contribution in [2.75, 3.05) is 0 Å². The van der Waals surface area contributed by atoms with Crippen molar-refractivity contribution in [3.05, 3.63) is 35.5 Å². The Kier molecular flexibility index (Phi) is 4.11. The van der Waals surface area contributed by atoms with E-state index in [0.717, 1.165) is 5.57 Å². The minimum absolute atomic E-state index is 0.0292. The molecular weight excluding hydrogens is 200 g/mol. The summed E-state index contributed by atoms with van der Waals surface area (Å²) in [6, 6.07) is 0. The molecule has 0 radical (unpaired) electrons. The van der Waals surface area contributed by atoms with E-state index in [1.54, 1.807) is 0 Å². The van der Waals surface area contributed by atoms with E-state index >= 15 is 0 Å². The highest BCUT2D eigenvalue weighted by Gasteiger charge is 2.37. The highest BCUT2D eigenvalue weighted by Crippen LogP contribution is 2.37. The third-order valence-electron chi connectivity index (χ3n) is 3.37. The lowest BCUT2D eigenvalue weighted by Crippen LogP contribution is -2.40. The first-order valence-electron chi connectivity index (χ1n) is 5.76. The lowest BCUT2D eigenvalue weighted by molar-refractivity contribution is 0.0666. The normalized spacial score (nSPS) is 37.6. The van der Waals surface area contributed by atoms with Gasteiger partial charge in [-0.3, -0.25) is 0 Å². The fourth-order valence-electron chi connectivity index (χ4n) is 2.16. The maximum Gasteiger partial charge on any atom is 0.0835 e. The Bertz CT molecular complexity index is 315. The van der Waals surface area contributed by atoms with E-state index in [1.165, 1.54) is 5.57 Å². The molecule has 0 aromatic rings. The molecule has 1 aliphatic carbocycles. The number of allylic oxidation sites excluding steroid dienone is 3. The van der Waals surface area contributed by atoms with Gasteiger partial charge >= 0.3 is 0 Å². The lowest BCUT2D eigenvalue weighted by atomic mass is 9.72. The molecular formula is C14H22O2. The monoisotopic (exact) mass is 222 g/mol. The van der Waals surface area contributed by atoms with Crippen LogP contribution in [0.4, 0.5) is 0 Å². The molecule has 16 heavy (non-hydrogen) atoms. The van der Waals surface area contributed by atoms with Gasteiger partial charge in [-0.25, -0.2) is 0 Å². The van der Waals surface area contributed by atoms with Gasteiger partial charge in [-0.05, 0) is 19.4 Å². The van der Waals surface area contributed by atoms with Crippen LogP contribution in [0.25, 0.3) is 0 Å². The van der Waals surface area contributed by atoms with E-state index in [4.69, 9.17) is 0 Å². The molecule has 0 heterocycles. The first-order valence-corrected chi connectivity index (χ1v) is 5.76. The number of aliphatic hydroxyl groups excluding tert-OH is 2. The van der Waals surface area contributed by atoms with Crippen molar-refractivity contribution in [3.63, 3.8) is 0 Å². The van der Waals surface area contributed by atoms with Crippen LogP contribution < -0.4 is 0 Å². The molecule has 0 aromatic heterocycles. The second kappa shape index (κ2) is 4.98. The molecule has 0 amide bonds. The molecule has 2 N–H and O–H groups in total. The third kappa shape index (κ3) is 2.45. The van der Waals surface area contributed by atoms with Gasteiger partial charge < -0.3 is 10.2 Å². The summed E-state index contributed by atoms with van der Waals surface area (Å²) in [6.07, 6.45) is 2.77. The predicted molar refractivity (Wildman–Crippen MR) is 67.0 cm³/mol. The molecule has 1 saturated carbocycles. The van der Waals surface area contributed by atoms with E-state index in [1.807, 2.05) is 39.8 Å². The van der Waals surface area contributed by atoms with E-state index in [-0.39, 0.29) is 11.8 Å². The van der Waals surface area contributed by atoms with Crippen molar-refractivity contribution in [2.24, 2.45) is 11.8 Å². The Hall–Kier alpha value is -0.860. The summed E-state index contributed by atoms with van der Waals surface area (Å²) in [5.41, 5.74) is 2.84. The van der Waals surface area contributed by atoms with Crippen LogP contribution in [-0.2, 0) is 0 Å². The zero-order chi connectivity index (χ0) is 12.5. The first kappa shape index (κ1) is 13.2. The number of hydrogen-bond acceptors (Lipinski definition) is 2. The van der Waals surface area contributed by atoms with Gasteiger partial charge in [0.15, 0.2) is 0 Å². The summed E-state index contributed by atoms with van der Waals surface area (Å²) in [5.74, 6) is 0.0583. The van der Waals surface area contributed by atoms with Crippen LogP contribution >= 0.6 is 0 Å². The highest BCUT2D eigenvalue weighted by atomic mass is 16.3. The van der Waals surface area contributed by atoms with Crippen LogP contribution in [0, 0.1) is 11.8 Å². The van der Waals surface area contributed by atoms with Crippen LogP contribution in [0.3, 0.4) is 0 Å². The van der Waals surface area contributed by atoms with Crippen LogP contribution in [0.5, 0.6) is 0 Å². The SMILES string of the molecule is C=C1[C@H](O)[C@H](C)C(=CC=C(C)C)[C@H](C)[C@H]1O. The smallest absolute Gasteiger partial charge is 0.0835 e. The quantitative estimate of drug-likeness (QED) is 0.669. The van der Waals surface area contributed by atoms with Gasteiger partial charge in [-0.2, -0.15) is 0 Å². The first-order chi connectivity index (χ1) is 7.36. The Morgan fingerprint density at radius 2 is 1.56 bits per heavy atom. The third-order valence-corrected chi connectivity index (χ3v) is 3.37. The number of hydrogen-bond donors (Lipinski definition) is 2. The molecule has 0 unspecified atom stereocenters. The van der Waals surface area contributed by atoms with Crippen molar-refractivity contribution < 1.29 is 10.2 Å². The molecule has 90 valence electrons. The van der Waals surface area contributed by atoms with Crippen LogP contribution in [0.15, 0.2) is 35.5 Å². The molecule has 0 aliphatic heterocycles. The van der Waals surface area contributed by atoms with E-state index in [9.17, 15) is 10.2 Å². The standard InChI is InChI=1S/C14H22O2/c1-8(2)6-7-12-9(3)13(15)11(5)14(16)10(12)4/h6-7,9-10,13-16H,5H2,1-4H3/t9-,10+,13-,14-/m1/s1. The van der Waals surface area contributed by atoms with Crippen molar-refractivity contribution >= 4 is 0 Å². The molecule has 0 spiro atoms. The Morgan fingerprint density at radius 3 is 1.94 bits per heavy atom. The lowest BCUT2D eigenvalue weighted by Gasteiger charge is -2.38. The van der Waals surface area contributed by atoms with Gasteiger partial charge in [0.05, 0.1) is 12.2 Å². The average molecular weight is 222 g/mol. The summed E-state index contributed by atoms with van der Waals surface area (Å²) in [4.78, 5) is 0. The molecule has 0 bridgehead atoms. The molecule has 1 rings (SSSR count). The second-order valence-corrected chi connectivity index (χ2v) is 4.95. The highest BCUT2D eigenvalue weighted by molar-refractivity contribution is 5.31. The fraction of sp³-hybridized carbons (Fsp3) is 0.571. The number of rotatable bonds is 1. The van der Waals surface area contributed by atoms with Crippen LogP contribution in [0.1, 0.15) is 27.7 Å². The maximum absolute atomic E-state index is 9.95. The molecule has 0 aromatic carbocycles. The summed E-state index contributed by atoms with van der Waals surface area (Å²) in [7, 11) is 0. The Morgan fingerprint density at radius 1 is 1.12 bits per heavy atom. The average Bonchev–Trinajstić information content (AvgIpc) is 2.23. The van der Waals surface area contributed by atoms with E-state index in [0.29, 0.717) is 5.57 Å². The van der Waals surface area contributed by atoms with Crippen molar-refractivity contribution in [1.29, 1.82) is 0 Å². The molecule has 1 fully saturated rings. The minimum atomic E-state index is -0.636. The van der Waals surface area contributed by atoms with E-state index < -0.39 is 12.2 Å². The van der Waals surface area contributed by atoms with Crippen LogP contribution in [0.2, 0.25) is 0 Å². The zero-order valence-electron chi connectivity index (χ0n) is 10.6. The van der Waals surface area contributed by atoms with Gasteiger partial charge in [0.2, 0.25) is 0 Å². The summed E-state index contributed by atoms with van der Waals surface area (Å²) < 4.78 is 0. The minimum Gasteiger partial charge on any atom is -0.388 e. The van der Waals surface area contributed by atoms with Gasteiger partial charge in [0.1, 0.15) is 0 Å². The van der Waals surface area contributed by atoms with Crippen molar-refractivity contribution in [3.8, 4) is 0 Å². The van der Waals surface area contributed by atoms with Gasteiger partial charge in [0.25, 0.3) is 0 Å². The van der Waals surface area contributed by atoms with Crippen LogP contribution in [-0.4, -0.2) is 22.4 Å². The predicted octanol–water partition coefficient (Wildman–Crippen LogP) is 2.44. The van der Waals surface area contributed by atoms with Gasteiger partial charge in [0, 0.05) is 11.8 Å². The molecule has 0 saturated heterocycles. The molecule has 2 heteroatoms. The number of aliphatic hydroxyl groups is 2. The molecule has 1 aliphatic rings. The molecule has 4 atom stereocenters. The van der Waals surface area contributed by atoms with E-state index in [2.05, 4.69) is 6.58 Å². The topological polar surface area (TPSA) is 40.5 Å². The Balaban J connectivity index is 3.04. The van der Waals surface area contributed by atoms with Crippen molar-refractivity contribution in [2.45, 2.75) is 39.9 Å². The van der Waals surface area contributed by atoms with Gasteiger partial charge in [-0.15, -0.1) is 0 Å². The Labute approximate surface area is 98.0 Å². The maximum atomic E-state index is 9.95. The zero-order valence-corrected chi connectivity index (χ0v) is 10.6. The summed E-state index contributed by atoms with van der Waals surface area (Å²) >= 11 is 0. The summed E-state index contributed by atoms with van der Waals surface area (Å²) in [5, 5.41) is 19.9. The summed E-state index contributed by atoms with van der Waals surface area (Å²) in [6.45, 7) is 11.8. The second-order valence-electron chi connectivity index (χ2n) is 4.95.